The molecule has 1 saturated carbocycles. The highest BCUT2D eigenvalue weighted by Crippen LogP contribution is 2.50. The van der Waals surface area contributed by atoms with E-state index in [9.17, 15) is 9.18 Å². The van der Waals surface area contributed by atoms with E-state index >= 15 is 0 Å². The van der Waals surface area contributed by atoms with Crippen LogP contribution in [0.1, 0.15) is 40.0 Å². The molecule has 162 valence electrons. The van der Waals surface area contributed by atoms with E-state index in [0.29, 0.717) is 28.3 Å². The number of carbonyl (C=O) groups is 1. The summed E-state index contributed by atoms with van der Waals surface area (Å²) in [6, 6.07) is 10.7. The predicted octanol–water partition coefficient (Wildman–Crippen LogP) is 3.99. The van der Waals surface area contributed by atoms with Crippen molar-refractivity contribution in [3.8, 4) is 11.3 Å². The third kappa shape index (κ3) is 2.77. The van der Waals surface area contributed by atoms with Gasteiger partial charge < -0.3 is 10.6 Å². The number of anilines is 2. The van der Waals surface area contributed by atoms with Crippen molar-refractivity contribution in [2.75, 3.05) is 11.9 Å². The molecule has 5 heterocycles. The van der Waals surface area contributed by atoms with Crippen LogP contribution in [0.4, 0.5) is 15.9 Å². The van der Waals surface area contributed by atoms with Crippen LogP contribution in [0, 0.1) is 5.82 Å². The van der Waals surface area contributed by atoms with Gasteiger partial charge in [-0.25, -0.2) is 19.4 Å². The van der Waals surface area contributed by atoms with Crippen molar-refractivity contribution in [1.29, 1.82) is 0 Å². The smallest absolute Gasteiger partial charge is 0.279 e. The summed E-state index contributed by atoms with van der Waals surface area (Å²) < 4.78 is 15.4. The first-order valence-corrected chi connectivity index (χ1v) is 11.0. The van der Waals surface area contributed by atoms with E-state index in [0.717, 1.165) is 30.0 Å². The lowest BCUT2D eigenvalue weighted by Gasteiger charge is -2.26. The third-order valence-electron chi connectivity index (χ3n) is 6.94. The molecule has 7 rings (SSSR count). The van der Waals surface area contributed by atoms with E-state index < -0.39 is 0 Å². The van der Waals surface area contributed by atoms with Crippen molar-refractivity contribution in [3.63, 3.8) is 0 Å². The Morgan fingerprint density at radius 3 is 2.94 bits per heavy atom. The molecule has 1 fully saturated rings. The number of nitrogens with zero attached hydrogens (tertiary/aromatic N) is 4. The van der Waals surface area contributed by atoms with Gasteiger partial charge in [-0.05, 0) is 36.6 Å². The zero-order valence-corrected chi connectivity index (χ0v) is 17.6. The molecule has 2 N–H and O–H groups in total. The average molecular weight is 438 g/mol. The topological polar surface area (TPSA) is 83.7 Å². The lowest BCUT2D eigenvalue weighted by Crippen LogP contribution is -2.34. The van der Waals surface area contributed by atoms with Crippen molar-refractivity contribution in [2.24, 2.45) is 4.99 Å². The molecule has 8 heteroatoms. The summed E-state index contributed by atoms with van der Waals surface area (Å²) in [7, 11) is 0. The van der Waals surface area contributed by atoms with Gasteiger partial charge in [0.1, 0.15) is 17.3 Å². The maximum absolute atomic E-state index is 13.6. The van der Waals surface area contributed by atoms with Crippen LogP contribution >= 0.6 is 0 Å². The Balaban J connectivity index is 1.29. The number of rotatable bonds is 3. The first-order valence-electron chi connectivity index (χ1n) is 11.0. The predicted molar refractivity (Wildman–Crippen MR) is 123 cm³/mol. The zero-order chi connectivity index (χ0) is 22.2. The second kappa shape index (κ2) is 6.55. The molecule has 3 aliphatic rings. The lowest BCUT2D eigenvalue weighted by molar-refractivity contribution is 0.101. The summed E-state index contributed by atoms with van der Waals surface area (Å²) in [5.74, 6) is 0.0560. The highest BCUT2D eigenvalue weighted by molar-refractivity contribution is 6.19. The second-order valence-corrected chi connectivity index (χ2v) is 8.93. The lowest BCUT2D eigenvalue weighted by atomic mass is 9.91. The Hall–Kier alpha value is -3.91. The van der Waals surface area contributed by atoms with E-state index in [-0.39, 0.29) is 17.1 Å². The van der Waals surface area contributed by atoms with Crippen LogP contribution in [0.3, 0.4) is 0 Å². The molecule has 1 aromatic carbocycles. The first kappa shape index (κ1) is 18.6. The van der Waals surface area contributed by atoms with Crippen LogP contribution in [0.15, 0.2) is 53.8 Å². The largest absolute Gasteiger partial charge is 0.340 e. The number of fused-ring (bicyclic) bond motifs is 4. The Morgan fingerprint density at radius 1 is 1.15 bits per heavy atom. The number of imidazole rings is 1. The van der Waals surface area contributed by atoms with E-state index in [4.69, 9.17) is 4.98 Å². The Bertz CT molecular complexity index is 1520. The average Bonchev–Trinajstić information content (AvgIpc) is 3.28. The van der Waals surface area contributed by atoms with Gasteiger partial charge in [0.25, 0.3) is 5.91 Å². The first-order chi connectivity index (χ1) is 16.1. The van der Waals surface area contributed by atoms with Gasteiger partial charge in [-0.15, -0.1) is 0 Å². The van der Waals surface area contributed by atoms with Crippen molar-refractivity contribution in [1.82, 2.24) is 19.7 Å². The van der Waals surface area contributed by atoms with Crippen molar-refractivity contribution >= 4 is 29.3 Å². The van der Waals surface area contributed by atoms with E-state index in [2.05, 4.69) is 26.7 Å². The molecule has 3 aromatic heterocycles. The van der Waals surface area contributed by atoms with Gasteiger partial charge >= 0.3 is 0 Å². The van der Waals surface area contributed by atoms with E-state index in [1.807, 2.05) is 18.2 Å². The maximum atomic E-state index is 13.6. The molecule has 1 aliphatic carbocycles. The minimum absolute atomic E-state index is 0.267. The zero-order valence-electron chi connectivity index (χ0n) is 17.6. The minimum Gasteiger partial charge on any atom is -0.340 e. The molecule has 1 amide bonds. The SMILES string of the molecule is O=C1N=Cc2c(-c3cnc4cc(F)ccn34)ccc(Nc3ccc4c(n3)CNCC43CC3)c21. The fraction of sp³-hybridized carbons (Fsp3) is 0.200. The van der Waals surface area contributed by atoms with Gasteiger partial charge in [0.15, 0.2) is 0 Å². The standard InChI is InChI=1S/C25H19FN6O/c26-14-5-8-32-20(12-28-22(32)9-14)15-1-3-18(23-16(15)10-29-24(23)33)30-21-4-2-17-19(31-21)11-27-13-25(17)6-7-25/h1-5,8-10,12,27H,6-7,11,13H2,(H,30,31). The number of carbonyl (C=O) groups excluding carboxylic acids is 1. The highest BCUT2D eigenvalue weighted by Gasteiger charge is 2.47. The summed E-state index contributed by atoms with van der Waals surface area (Å²) in [6.45, 7) is 1.77. The number of pyridine rings is 2. The maximum Gasteiger partial charge on any atom is 0.279 e. The number of benzene rings is 1. The molecule has 0 unspecified atom stereocenters. The Kier molecular flexibility index (Phi) is 3.70. The van der Waals surface area contributed by atoms with Gasteiger partial charge in [-0.2, -0.15) is 0 Å². The number of aromatic nitrogens is 3. The van der Waals surface area contributed by atoms with Crippen molar-refractivity contribution in [3.05, 3.63) is 77.0 Å². The summed E-state index contributed by atoms with van der Waals surface area (Å²) in [6.07, 6.45) is 7.32. The fourth-order valence-electron chi connectivity index (χ4n) is 5.09. The summed E-state index contributed by atoms with van der Waals surface area (Å²) >= 11 is 0. The van der Waals surface area contributed by atoms with Crippen LogP contribution in [-0.4, -0.2) is 33.0 Å². The molecule has 2 aliphatic heterocycles. The van der Waals surface area contributed by atoms with Crippen LogP contribution < -0.4 is 10.6 Å². The van der Waals surface area contributed by atoms with Crippen molar-refractivity contribution < 1.29 is 9.18 Å². The van der Waals surface area contributed by atoms with Gasteiger partial charge in [0, 0.05) is 48.1 Å². The second-order valence-electron chi connectivity index (χ2n) is 8.93. The number of hydrogen-bond donors (Lipinski definition) is 2. The summed E-state index contributed by atoms with van der Waals surface area (Å²) in [5, 5.41) is 6.82. The molecule has 7 nitrogen and oxygen atoms in total. The molecule has 33 heavy (non-hydrogen) atoms. The van der Waals surface area contributed by atoms with Gasteiger partial charge in [0.05, 0.1) is 28.8 Å². The minimum atomic E-state index is -0.346. The number of amides is 1. The molecular weight excluding hydrogens is 419 g/mol. The monoisotopic (exact) mass is 438 g/mol. The Morgan fingerprint density at radius 2 is 2.06 bits per heavy atom. The van der Waals surface area contributed by atoms with Gasteiger partial charge in [-0.1, -0.05) is 12.1 Å². The van der Waals surface area contributed by atoms with Crippen LogP contribution in [-0.2, 0) is 12.0 Å². The van der Waals surface area contributed by atoms with E-state index in [1.165, 1.54) is 30.5 Å². The van der Waals surface area contributed by atoms with Crippen LogP contribution in [0.25, 0.3) is 16.9 Å². The number of hydrogen-bond acceptors (Lipinski definition) is 5. The van der Waals surface area contributed by atoms with Crippen LogP contribution in [0.2, 0.25) is 0 Å². The highest BCUT2D eigenvalue weighted by atomic mass is 19.1. The molecule has 0 radical (unpaired) electrons. The normalized spacial score (nSPS) is 17.4. The number of nitrogens with one attached hydrogen (secondary N) is 2. The van der Waals surface area contributed by atoms with Gasteiger partial charge in [0.2, 0.25) is 0 Å². The number of aliphatic imine (C=N–C) groups is 1. The van der Waals surface area contributed by atoms with Gasteiger partial charge in [-0.3, -0.25) is 9.20 Å². The quantitative estimate of drug-likeness (QED) is 0.505. The van der Waals surface area contributed by atoms with Crippen molar-refractivity contribution in [2.45, 2.75) is 24.8 Å². The third-order valence-corrected chi connectivity index (χ3v) is 6.94. The fourth-order valence-corrected chi connectivity index (χ4v) is 5.09. The van der Waals surface area contributed by atoms with E-state index in [1.54, 1.807) is 23.0 Å². The molecule has 4 aromatic rings. The summed E-state index contributed by atoms with van der Waals surface area (Å²) in [4.78, 5) is 25.9. The number of halogens is 1. The Labute approximate surface area is 188 Å². The molecule has 1 spiro atoms. The van der Waals surface area contributed by atoms with Crippen LogP contribution in [0.5, 0.6) is 0 Å². The molecular formula is C25H19FN6O. The molecule has 0 bridgehead atoms. The molecule has 0 atom stereocenters. The molecule has 0 saturated heterocycles. The summed E-state index contributed by atoms with van der Waals surface area (Å²) in [5.41, 5.74) is 6.63.